The van der Waals surface area contributed by atoms with Crippen LogP contribution in [0.3, 0.4) is 0 Å². The molecule has 6 rings (SSSR count). The van der Waals surface area contributed by atoms with Crippen molar-refractivity contribution < 1.29 is 97.2 Å². The van der Waals surface area contributed by atoms with E-state index in [0.29, 0.717) is 5.69 Å². The minimum atomic E-state index is -7.22. The number of benzene rings is 5. The standard InChI is InChI=1S/C24BF20.C12H11N2O/c26-5-1(6(27)14(35)21(42)13(5)34)25(2-7(28)15(36)22(43)16(37)8(2)29,3-9(30)17(38)23(44)18(39)10(3)31)4-11(32)19(40)24(45)20(41)12(4)33;15-10-12-9-14(7-6-13-12)8-11-4-2-1-3-5-11/h;1-7,9-10H,8H2/q-1;+1. The van der Waals surface area contributed by atoms with Crippen LogP contribution < -0.4 is 26.4 Å². The molecule has 1 heterocycles. The molecular formula is C36H11BF20N2O. The second-order valence-electron chi connectivity index (χ2n) is 12.1. The van der Waals surface area contributed by atoms with Crippen LogP contribution in [-0.2, 0) is 6.54 Å². The lowest BCUT2D eigenvalue weighted by atomic mass is 9.12. The Morgan fingerprint density at radius 1 is 0.417 bits per heavy atom. The predicted molar refractivity (Wildman–Crippen MR) is 165 cm³/mol. The quantitative estimate of drug-likeness (QED) is 0.0430. The number of hydrogen-bond acceptors (Lipinski definition) is 2. The van der Waals surface area contributed by atoms with Gasteiger partial charge in [-0.15, -0.1) is 21.9 Å². The first-order valence-electron chi connectivity index (χ1n) is 15.7. The van der Waals surface area contributed by atoms with Crippen molar-refractivity contribution in [2.24, 2.45) is 0 Å². The van der Waals surface area contributed by atoms with E-state index in [4.69, 9.17) is 0 Å². The first-order chi connectivity index (χ1) is 28.1. The summed E-state index contributed by atoms with van der Waals surface area (Å²) in [5, 5.41) is 0. The van der Waals surface area contributed by atoms with Crippen LogP contribution in [0, 0.1) is 116 Å². The third kappa shape index (κ3) is 6.95. The van der Waals surface area contributed by atoms with Crippen LogP contribution >= 0.6 is 0 Å². The van der Waals surface area contributed by atoms with Crippen molar-refractivity contribution in [2.75, 3.05) is 0 Å². The van der Waals surface area contributed by atoms with E-state index in [2.05, 4.69) is 4.98 Å². The van der Waals surface area contributed by atoms with Crippen molar-refractivity contribution in [2.45, 2.75) is 6.54 Å². The molecule has 314 valence electrons. The smallest absolute Gasteiger partial charge is 0.200 e. The van der Waals surface area contributed by atoms with Gasteiger partial charge in [0.2, 0.25) is 0 Å². The number of carbonyl (C=O) groups excluding carboxylic acids is 1. The molecule has 0 saturated heterocycles. The molecule has 0 aliphatic heterocycles. The molecule has 6 aromatic rings. The van der Waals surface area contributed by atoms with Gasteiger partial charge < -0.3 is 0 Å². The van der Waals surface area contributed by atoms with Crippen LogP contribution in [0.4, 0.5) is 87.8 Å². The number of aldehydes is 1. The van der Waals surface area contributed by atoms with Crippen molar-refractivity contribution in [3.8, 4) is 0 Å². The second kappa shape index (κ2) is 16.6. The minimum Gasteiger partial charge on any atom is -0.296 e. The molecule has 0 aliphatic carbocycles. The Labute approximate surface area is 319 Å². The number of carbonyl (C=O) groups is 1. The van der Waals surface area contributed by atoms with Gasteiger partial charge in [0.05, 0.1) is 6.20 Å². The number of halogens is 20. The average molecular weight is 878 g/mol. The first kappa shape index (κ1) is 44.6. The lowest BCUT2D eigenvalue weighted by Crippen LogP contribution is -2.81. The molecule has 0 N–H and O–H groups in total. The van der Waals surface area contributed by atoms with Crippen LogP contribution in [0.1, 0.15) is 16.1 Å². The van der Waals surface area contributed by atoms with Gasteiger partial charge in [0.25, 0.3) is 0 Å². The molecule has 0 unspecified atom stereocenters. The van der Waals surface area contributed by atoms with Crippen LogP contribution in [0.2, 0.25) is 0 Å². The molecule has 60 heavy (non-hydrogen) atoms. The van der Waals surface area contributed by atoms with E-state index in [9.17, 15) is 57.5 Å². The Balaban J connectivity index is 0.000000379. The van der Waals surface area contributed by atoms with Crippen molar-refractivity contribution in [1.82, 2.24) is 4.98 Å². The fourth-order valence-corrected chi connectivity index (χ4v) is 6.28. The molecule has 1 aromatic heterocycles. The van der Waals surface area contributed by atoms with Gasteiger partial charge in [-0.1, -0.05) is 30.3 Å². The Bertz CT molecular complexity index is 2330. The molecule has 3 nitrogen and oxygen atoms in total. The Kier molecular flexibility index (Phi) is 12.4. The Hall–Kier alpha value is -6.49. The molecule has 0 aliphatic rings. The van der Waals surface area contributed by atoms with E-state index in [1.54, 1.807) is 12.4 Å². The summed E-state index contributed by atoms with van der Waals surface area (Å²) in [5.74, 6) is -71.4. The molecule has 0 atom stereocenters. The van der Waals surface area contributed by atoms with Gasteiger partial charge in [-0.2, -0.15) is 4.57 Å². The van der Waals surface area contributed by atoms with E-state index < -0.39 is 144 Å². The monoisotopic (exact) mass is 878 g/mol. The van der Waals surface area contributed by atoms with Gasteiger partial charge >= 0.3 is 0 Å². The SMILES string of the molecule is Fc1c(F)c(F)c([B-](c2c(F)c(F)c(F)c(F)c2F)(c2c(F)c(F)c(F)c(F)c2F)c2c(F)c(F)c(F)c(F)c2F)c(F)c1F.O=Cc1c[n+](Cc2ccccc2)ccn1. The van der Waals surface area contributed by atoms with Crippen molar-refractivity contribution >= 4 is 34.3 Å². The maximum atomic E-state index is 15.4. The summed E-state index contributed by atoms with van der Waals surface area (Å²) >= 11 is 0. The number of aromatic nitrogens is 2. The number of hydrogen-bond donors (Lipinski definition) is 0. The summed E-state index contributed by atoms with van der Waals surface area (Å²) in [6.07, 6.45) is -1.25. The van der Waals surface area contributed by atoms with Crippen LogP contribution in [0.5, 0.6) is 0 Å². The van der Waals surface area contributed by atoms with Crippen molar-refractivity contribution in [3.63, 3.8) is 0 Å². The van der Waals surface area contributed by atoms with E-state index >= 15 is 35.1 Å². The largest absolute Gasteiger partial charge is 0.296 e. The maximum Gasteiger partial charge on any atom is 0.200 e. The van der Waals surface area contributed by atoms with Crippen LogP contribution in [-0.4, -0.2) is 17.4 Å². The topological polar surface area (TPSA) is 33.8 Å². The lowest BCUT2D eigenvalue weighted by molar-refractivity contribution is -0.688. The zero-order valence-electron chi connectivity index (χ0n) is 28.3. The van der Waals surface area contributed by atoms with Gasteiger partial charge in [-0.25, -0.2) is 92.8 Å². The summed E-state index contributed by atoms with van der Waals surface area (Å²) < 4.78 is 296. The summed E-state index contributed by atoms with van der Waals surface area (Å²) in [5.41, 5.74) is -12.7. The summed E-state index contributed by atoms with van der Waals surface area (Å²) in [4.78, 5) is 14.4. The molecule has 24 heteroatoms. The zero-order chi connectivity index (χ0) is 44.9. The van der Waals surface area contributed by atoms with Gasteiger partial charge in [0, 0.05) is 5.56 Å². The molecule has 5 aromatic carbocycles. The second-order valence-corrected chi connectivity index (χ2v) is 12.1. The zero-order valence-corrected chi connectivity index (χ0v) is 28.3. The van der Waals surface area contributed by atoms with Crippen LogP contribution in [0.25, 0.3) is 0 Å². The third-order valence-electron chi connectivity index (χ3n) is 8.82. The van der Waals surface area contributed by atoms with Crippen LogP contribution in [0.15, 0.2) is 48.9 Å². The Morgan fingerprint density at radius 3 is 0.950 bits per heavy atom. The summed E-state index contributed by atoms with van der Waals surface area (Å²) in [6.45, 7) is 0.754. The number of nitrogens with zero attached hydrogens (tertiary/aromatic N) is 2. The highest BCUT2D eigenvalue weighted by Crippen LogP contribution is 2.30. The lowest BCUT2D eigenvalue weighted by Gasteiger charge is -2.44. The third-order valence-corrected chi connectivity index (χ3v) is 8.82. The van der Waals surface area contributed by atoms with E-state index in [-0.39, 0.29) is 0 Å². The highest BCUT2D eigenvalue weighted by molar-refractivity contribution is 7.20. The normalized spacial score (nSPS) is 11.5. The van der Waals surface area contributed by atoms with E-state index in [1.165, 1.54) is 5.56 Å². The predicted octanol–water partition coefficient (Wildman–Crippen LogP) is 7.08. The molecular weight excluding hydrogens is 867 g/mol. The Morgan fingerprint density at radius 2 is 0.683 bits per heavy atom. The summed E-state index contributed by atoms with van der Waals surface area (Å²) in [6, 6.07) is 10.1. The van der Waals surface area contributed by atoms with Crippen molar-refractivity contribution in [1.29, 1.82) is 0 Å². The van der Waals surface area contributed by atoms with Gasteiger partial charge in [0.15, 0.2) is 101 Å². The molecule has 0 bridgehead atoms. The minimum absolute atomic E-state index is 0.452. The number of rotatable bonds is 7. The highest BCUT2D eigenvalue weighted by atomic mass is 19.2. The average Bonchev–Trinajstić information content (AvgIpc) is 3.24. The summed E-state index contributed by atoms with van der Waals surface area (Å²) in [7, 11) is 0. The molecule has 0 fully saturated rings. The molecule has 0 saturated carbocycles. The molecule has 0 amide bonds. The van der Waals surface area contributed by atoms with E-state index in [1.807, 2.05) is 41.1 Å². The fraction of sp³-hybridized carbons (Fsp3) is 0.0278. The van der Waals surface area contributed by atoms with E-state index in [0.717, 1.165) is 12.8 Å². The van der Waals surface area contributed by atoms with Gasteiger partial charge in [-0.05, 0) is 0 Å². The fourth-order valence-electron chi connectivity index (χ4n) is 6.28. The van der Waals surface area contributed by atoms with Gasteiger partial charge in [-0.3, -0.25) is 4.79 Å². The highest BCUT2D eigenvalue weighted by Gasteiger charge is 2.52. The van der Waals surface area contributed by atoms with Gasteiger partial charge in [0.1, 0.15) is 52.7 Å². The first-order valence-corrected chi connectivity index (χ1v) is 15.7. The molecule has 0 radical (unpaired) electrons. The maximum absolute atomic E-state index is 15.4. The van der Waals surface area contributed by atoms with Crippen molar-refractivity contribution in [3.05, 3.63) is 177 Å². The molecule has 0 spiro atoms.